The Balaban J connectivity index is 2.22. The van der Waals surface area contributed by atoms with E-state index in [1.165, 1.54) is 43.8 Å². The standard InChI is InChI=1S/C22H18/c1-15-18-11-6-7-12-19(18)16(2)22-20(15)13-8-14-21(22)17-9-4-3-5-10-17/h3-14H,1-2H3. The number of rotatable bonds is 1. The summed E-state index contributed by atoms with van der Waals surface area (Å²) in [6.45, 7) is 4.48. The molecule has 0 aliphatic carbocycles. The van der Waals surface area contributed by atoms with Gasteiger partial charge in [0.2, 0.25) is 0 Å². The quantitative estimate of drug-likeness (QED) is 0.360. The van der Waals surface area contributed by atoms with Crippen LogP contribution >= 0.6 is 0 Å². The first kappa shape index (κ1) is 13.1. The summed E-state index contributed by atoms with van der Waals surface area (Å²) >= 11 is 0. The maximum atomic E-state index is 2.25. The molecule has 0 heterocycles. The van der Waals surface area contributed by atoms with Gasteiger partial charge in [-0.1, -0.05) is 72.8 Å². The minimum Gasteiger partial charge on any atom is -0.0622 e. The molecule has 0 heteroatoms. The smallest absolute Gasteiger partial charge is 0.00671 e. The lowest BCUT2D eigenvalue weighted by Crippen LogP contribution is -1.90. The molecule has 0 nitrogen and oxygen atoms in total. The predicted octanol–water partition coefficient (Wildman–Crippen LogP) is 6.28. The third-order valence-corrected chi connectivity index (χ3v) is 4.66. The fourth-order valence-corrected chi connectivity index (χ4v) is 3.54. The second-order valence-electron chi connectivity index (χ2n) is 5.89. The fraction of sp³-hybridized carbons (Fsp3) is 0.0909. The van der Waals surface area contributed by atoms with Crippen LogP contribution in [0.4, 0.5) is 0 Å². The maximum absolute atomic E-state index is 2.25. The number of hydrogen-bond donors (Lipinski definition) is 0. The molecule has 0 fully saturated rings. The Kier molecular flexibility index (Phi) is 2.97. The Morgan fingerprint density at radius 3 is 1.82 bits per heavy atom. The van der Waals surface area contributed by atoms with Crippen molar-refractivity contribution >= 4 is 21.5 Å². The zero-order valence-corrected chi connectivity index (χ0v) is 12.9. The number of hydrogen-bond acceptors (Lipinski definition) is 0. The van der Waals surface area contributed by atoms with Crippen LogP contribution in [0.2, 0.25) is 0 Å². The summed E-state index contributed by atoms with van der Waals surface area (Å²) in [6.07, 6.45) is 0. The molecule has 106 valence electrons. The lowest BCUT2D eigenvalue weighted by atomic mass is 9.88. The topological polar surface area (TPSA) is 0 Å². The summed E-state index contributed by atoms with van der Waals surface area (Å²) in [4.78, 5) is 0. The molecule has 4 rings (SSSR count). The molecule has 22 heavy (non-hydrogen) atoms. The Morgan fingerprint density at radius 1 is 0.500 bits per heavy atom. The van der Waals surface area contributed by atoms with Gasteiger partial charge in [-0.05, 0) is 57.6 Å². The van der Waals surface area contributed by atoms with Crippen LogP contribution in [0.25, 0.3) is 32.7 Å². The van der Waals surface area contributed by atoms with E-state index in [0.29, 0.717) is 0 Å². The van der Waals surface area contributed by atoms with Crippen LogP contribution in [0, 0.1) is 13.8 Å². The van der Waals surface area contributed by atoms with Crippen LogP contribution in [0.1, 0.15) is 11.1 Å². The number of fused-ring (bicyclic) bond motifs is 2. The van der Waals surface area contributed by atoms with Gasteiger partial charge in [-0.15, -0.1) is 0 Å². The van der Waals surface area contributed by atoms with Crippen LogP contribution in [-0.2, 0) is 0 Å². The maximum Gasteiger partial charge on any atom is -0.00671 e. The largest absolute Gasteiger partial charge is 0.0622 e. The number of benzene rings is 4. The monoisotopic (exact) mass is 282 g/mol. The molecule has 0 aliphatic rings. The molecule has 0 N–H and O–H groups in total. The van der Waals surface area contributed by atoms with Gasteiger partial charge in [0.15, 0.2) is 0 Å². The molecule has 4 aromatic carbocycles. The highest BCUT2D eigenvalue weighted by Crippen LogP contribution is 2.37. The van der Waals surface area contributed by atoms with Crippen molar-refractivity contribution in [2.24, 2.45) is 0 Å². The first-order valence-electron chi connectivity index (χ1n) is 7.73. The molecule has 0 atom stereocenters. The second-order valence-corrected chi connectivity index (χ2v) is 5.89. The third-order valence-electron chi connectivity index (χ3n) is 4.66. The zero-order chi connectivity index (χ0) is 15.1. The van der Waals surface area contributed by atoms with Gasteiger partial charge in [0.25, 0.3) is 0 Å². The van der Waals surface area contributed by atoms with E-state index in [4.69, 9.17) is 0 Å². The van der Waals surface area contributed by atoms with E-state index in [1.807, 2.05) is 0 Å². The summed E-state index contributed by atoms with van der Waals surface area (Å²) < 4.78 is 0. The summed E-state index contributed by atoms with van der Waals surface area (Å²) in [5.74, 6) is 0. The summed E-state index contributed by atoms with van der Waals surface area (Å²) in [6, 6.07) is 26.0. The van der Waals surface area contributed by atoms with Crippen molar-refractivity contribution in [2.75, 3.05) is 0 Å². The molecule has 0 aliphatic heterocycles. The number of aryl methyl sites for hydroxylation is 2. The highest BCUT2D eigenvalue weighted by Gasteiger charge is 2.12. The van der Waals surface area contributed by atoms with E-state index in [-0.39, 0.29) is 0 Å². The van der Waals surface area contributed by atoms with Gasteiger partial charge in [-0.3, -0.25) is 0 Å². The van der Waals surface area contributed by atoms with E-state index >= 15 is 0 Å². The van der Waals surface area contributed by atoms with Crippen LogP contribution in [-0.4, -0.2) is 0 Å². The average molecular weight is 282 g/mol. The Morgan fingerprint density at radius 2 is 1.09 bits per heavy atom. The van der Waals surface area contributed by atoms with Gasteiger partial charge in [0.1, 0.15) is 0 Å². The van der Waals surface area contributed by atoms with E-state index in [2.05, 4.69) is 86.6 Å². The second kappa shape index (κ2) is 4.99. The molecule has 0 spiro atoms. The minimum atomic E-state index is 1.28. The Hall–Kier alpha value is -2.60. The summed E-state index contributed by atoms with van der Waals surface area (Å²) in [7, 11) is 0. The van der Waals surface area contributed by atoms with Crippen molar-refractivity contribution in [3.05, 3.63) is 83.9 Å². The molecule has 0 amide bonds. The predicted molar refractivity (Wildman–Crippen MR) is 96.4 cm³/mol. The summed E-state index contributed by atoms with van der Waals surface area (Å²) in [5, 5.41) is 5.45. The summed E-state index contributed by atoms with van der Waals surface area (Å²) in [5.41, 5.74) is 5.35. The van der Waals surface area contributed by atoms with Gasteiger partial charge >= 0.3 is 0 Å². The lowest BCUT2D eigenvalue weighted by molar-refractivity contribution is 1.52. The fourth-order valence-electron chi connectivity index (χ4n) is 3.54. The Bertz CT molecular complexity index is 979. The molecule has 0 bridgehead atoms. The van der Waals surface area contributed by atoms with Crippen LogP contribution in [0.15, 0.2) is 72.8 Å². The first-order chi connectivity index (χ1) is 10.8. The molecule has 0 saturated carbocycles. The van der Waals surface area contributed by atoms with Crippen LogP contribution < -0.4 is 0 Å². The SMILES string of the molecule is Cc1c2ccccc2c(C)c2c(-c3ccccc3)cccc12. The van der Waals surface area contributed by atoms with E-state index in [9.17, 15) is 0 Å². The van der Waals surface area contributed by atoms with Crippen molar-refractivity contribution in [3.63, 3.8) is 0 Å². The van der Waals surface area contributed by atoms with Crippen molar-refractivity contribution in [1.82, 2.24) is 0 Å². The molecule has 0 saturated heterocycles. The molecule has 0 aromatic heterocycles. The van der Waals surface area contributed by atoms with Gasteiger partial charge in [0.05, 0.1) is 0 Å². The molecular formula is C22H18. The molecule has 4 aromatic rings. The van der Waals surface area contributed by atoms with Crippen LogP contribution in [0.3, 0.4) is 0 Å². The van der Waals surface area contributed by atoms with Crippen LogP contribution in [0.5, 0.6) is 0 Å². The molecule has 0 radical (unpaired) electrons. The van der Waals surface area contributed by atoms with E-state index < -0.39 is 0 Å². The van der Waals surface area contributed by atoms with Gasteiger partial charge in [0, 0.05) is 0 Å². The third kappa shape index (κ3) is 1.84. The zero-order valence-electron chi connectivity index (χ0n) is 12.9. The highest BCUT2D eigenvalue weighted by molar-refractivity contribution is 6.10. The highest BCUT2D eigenvalue weighted by atomic mass is 14.2. The first-order valence-corrected chi connectivity index (χ1v) is 7.73. The van der Waals surface area contributed by atoms with E-state index in [0.717, 1.165) is 0 Å². The molecule has 0 unspecified atom stereocenters. The van der Waals surface area contributed by atoms with Gasteiger partial charge in [-0.25, -0.2) is 0 Å². The van der Waals surface area contributed by atoms with Gasteiger partial charge < -0.3 is 0 Å². The minimum absolute atomic E-state index is 1.28. The molecular weight excluding hydrogens is 264 g/mol. The van der Waals surface area contributed by atoms with Gasteiger partial charge in [-0.2, -0.15) is 0 Å². The normalized spacial score (nSPS) is 11.2. The Labute approximate surface area is 131 Å². The van der Waals surface area contributed by atoms with Crippen molar-refractivity contribution < 1.29 is 0 Å². The average Bonchev–Trinajstić information content (AvgIpc) is 2.60. The van der Waals surface area contributed by atoms with Crippen molar-refractivity contribution in [1.29, 1.82) is 0 Å². The lowest BCUT2D eigenvalue weighted by Gasteiger charge is -2.15. The van der Waals surface area contributed by atoms with Crippen molar-refractivity contribution in [2.45, 2.75) is 13.8 Å². The van der Waals surface area contributed by atoms with Crippen molar-refractivity contribution in [3.8, 4) is 11.1 Å². The van der Waals surface area contributed by atoms with E-state index in [1.54, 1.807) is 0 Å².